The first-order chi connectivity index (χ1) is 9.96. The molecule has 3 nitrogen and oxygen atoms in total. The SMILES string of the molecule is CCCC(C)(CNC1CC1)C1CS(=O)(=O)c2ccccc21. The van der Waals surface area contributed by atoms with E-state index in [1.807, 2.05) is 18.2 Å². The molecule has 1 aromatic rings. The standard InChI is InChI=1S/C17H25NO2S/c1-3-10-17(2,12-18-13-8-9-13)15-11-21(19,20)16-7-5-4-6-14(15)16/h4-7,13,15,18H,3,8-12H2,1-2H3. The number of sulfone groups is 1. The monoisotopic (exact) mass is 307 g/mol. The van der Waals surface area contributed by atoms with E-state index >= 15 is 0 Å². The van der Waals surface area contributed by atoms with Crippen molar-refractivity contribution in [2.75, 3.05) is 12.3 Å². The average molecular weight is 307 g/mol. The fraction of sp³-hybridized carbons (Fsp3) is 0.647. The highest BCUT2D eigenvalue weighted by Gasteiger charge is 2.45. The smallest absolute Gasteiger partial charge is 0.179 e. The third-order valence-corrected chi connectivity index (χ3v) is 6.86. The van der Waals surface area contributed by atoms with Crippen LogP contribution in [0.25, 0.3) is 0 Å². The zero-order chi connectivity index (χ0) is 15.1. The highest BCUT2D eigenvalue weighted by molar-refractivity contribution is 7.91. The molecule has 2 atom stereocenters. The molecule has 0 saturated heterocycles. The van der Waals surface area contributed by atoms with Crippen LogP contribution < -0.4 is 5.32 Å². The summed E-state index contributed by atoms with van der Waals surface area (Å²) in [5, 5.41) is 3.62. The van der Waals surface area contributed by atoms with Crippen molar-refractivity contribution in [3.05, 3.63) is 29.8 Å². The summed E-state index contributed by atoms with van der Waals surface area (Å²) in [6.45, 7) is 5.36. The number of rotatable bonds is 6. The Hall–Kier alpha value is -0.870. The predicted molar refractivity (Wildman–Crippen MR) is 85.3 cm³/mol. The Labute approximate surface area is 128 Å². The molecule has 1 saturated carbocycles. The van der Waals surface area contributed by atoms with Crippen molar-refractivity contribution in [1.29, 1.82) is 0 Å². The van der Waals surface area contributed by atoms with Gasteiger partial charge in [-0.1, -0.05) is 38.5 Å². The fourth-order valence-corrected chi connectivity index (χ4v) is 5.70. The van der Waals surface area contributed by atoms with Crippen LogP contribution in [0.2, 0.25) is 0 Å². The molecule has 2 unspecified atom stereocenters. The van der Waals surface area contributed by atoms with Gasteiger partial charge < -0.3 is 5.32 Å². The zero-order valence-electron chi connectivity index (χ0n) is 12.9. The Morgan fingerprint density at radius 2 is 2.00 bits per heavy atom. The molecule has 0 spiro atoms. The van der Waals surface area contributed by atoms with Crippen molar-refractivity contribution in [2.45, 2.75) is 56.4 Å². The van der Waals surface area contributed by atoms with Gasteiger partial charge in [0.2, 0.25) is 0 Å². The first-order valence-electron chi connectivity index (χ1n) is 8.01. The molecule has 1 aromatic carbocycles. The second kappa shape index (κ2) is 5.40. The minimum absolute atomic E-state index is 0.0109. The molecule has 0 aromatic heterocycles. The molecule has 2 aliphatic rings. The summed E-state index contributed by atoms with van der Waals surface area (Å²) in [7, 11) is -3.11. The lowest BCUT2D eigenvalue weighted by atomic mass is 9.71. The van der Waals surface area contributed by atoms with Crippen molar-refractivity contribution in [1.82, 2.24) is 5.32 Å². The molecule has 3 rings (SSSR count). The van der Waals surface area contributed by atoms with Gasteiger partial charge in [-0.2, -0.15) is 0 Å². The molecule has 4 heteroatoms. The van der Waals surface area contributed by atoms with Gasteiger partial charge in [0.15, 0.2) is 9.84 Å². The van der Waals surface area contributed by atoms with Crippen molar-refractivity contribution in [3.8, 4) is 0 Å². The molecule has 21 heavy (non-hydrogen) atoms. The summed E-state index contributed by atoms with van der Waals surface area (Å²) in [5.74, 6) is 0.389. The fourth-order valence-electron chi connectivity index (χ4n) is 3.65. The second-order valence-corrected chi connectivity index (χ2v) is 8.93. The summed E-state index contributed by atoms with van der Waals surface area (Å²) in [4.78, 5) is 0.559. The van der Waals surface area contributed by atoms with Crippen LogP contribution in [0.4, 0.5) is 0 Å². The maximum Gasteiger partial charge on any atom is 0.179 e. The van der Waals surface area contributed by atoms with E-state index in [1.54, 1.807) is 6.07 Å². The molecule has 0 amide bonds. The third kappa shape index (κ3) is 2.88. The van der Waals surface area contributed by atoms with Gasteiger partial charge in [-0.3, -0.25) is 0 Å². The summed E-state index contributed by atoms with van der Waals surface area (Å²) >= 11 is 0. The van der Waals surface area contributed by atoms with Crippen LogP contribution in [0, 0.1) is 5.41 Å². The quantitative estimate of drug-likeness (QED) is 0.878. The van der Waals surface area contributed by atoms with Gasteiger partial charge in [0.25, 0.3) is 0 Å². The zero-order valence-corrected chi connectivity index (χ0v) is 13.7. The first kappa shape index (κ1) is 15.0. The normalized spacial score (nSPS) is 26.3. The molecule has 1 fully saturated rings. The largest absolute Gasteiger partial charge is 0.313 e. The molecule has 1 N–H and O–H groups in total. The maximum atomic E-state index is 12.4. The van der Waals surface area contributed by atoms with E-state index in [4.69, 9.17) is 0 Å². The van der Waals surface area contributed by atoms with E-state index in [2.05, 4.69) is 19.2 Å². The molecule has 116 valence electrons. The van der Waals surface area contributed by atoms with Crippen molar-refractivity contribution < 1.29 is 8.42 Å². The number of hydrogen-bond donors (Lipinski definition) is 1. The lowest BCUT2D eigenvalue weighted by molar-refractivity contribution is 0.231. The highest BCUT2D eigenvalue weighted by atomic mass is 32.2. The lowest BCUT2D eigenvalue weighted by Gasteiger charge is -2.36. The molecular weight excluding hydrogens is 282 g/mol. The molecule has 0 radical (unpaired) electrons. The summed E-state index contributed by atoms with van der Waals surface area (Å²) in [6, 6.07) is 8.24. The molecular formula is C17H25NO2S. The minimum atomic E-state index is -3.11. The van der Waals surface area contributed by atoms with Crippen LogP contribution in [0.15, 0.2) is 29.2 Å². The number of hydrogen-bond acceptors (Lipinski definition) is 3. The van der Waals surface area contributed by atoms with Crippen LogP contribution in [-0.2, 0) is 9.84 Å². The Morgan fingerprint density at radius 1 is 1.29 bits per heavy atom. The van der Waals surface area contributed by atoms with E-state index < -0.39 is 9.84 Å². The second-order valence-electron chi connectivity index (χ2n) is 6.93. The van der Waals surface area contributed by atoms with Crippen molar-refractivity contribution in [2.24, 2.45) is 5.41 Å². The van der Waals surface area contributed by atoms with E-state index in [0.717, 1.165) is 24.9 Å². The molecule has 1 heterocycles. The van der Waals surface area contributed by atoms with E-state index in [-0.39, 0.29) is 17.1 Å². The highest BCUT2D eigenvalue weighted by Crippen LogP contribution is 2.47. The van der Waals surface area contributed by atoms with E-state index in [0.29, 0.717) is 10.9 Å². The Balaban J connectivity index is 1.92. The molecule has 0 bridgehead atoms. The van der Waals surface area contributed by atoms with Crippen molar-refractivity contribution >= 4 is 9.84 Å². The van der Waals surface area contributed by atoms with Gasteiger partial charge in [-0.15, -0.1) is 0 Å². The Kier molecular flexibility index (Phi) is 3.87. The summed E-state index contributed by atoms with van der Waals surface area (Å²) in [6.07, 6.45) is 4.67. The van der Waals surface area contributed by atoms with Crippen LogP contribution in [-0.4, -0.2) is 26.8 Å². The minimum Gasteiger partial charge on any atom is -0.313 e. The number of benzene rings is 1. The lowest BCUT2D eigenvalue weighted by Crippen LogP contribution is -2.38. The van der Waals surface area contributed by atoms with Gasteiger partial charge in [-0.05, 0) is 36.3 Å². The van der Waals surface area contributed by atoms with E-state index in [9.17, 15) is 8.42 Å². The van der Waals surface area contributed by atoms with Gasteiger partial charge in [-0.25, -0.2) is 8.42 Å². The van der Waals surface area contributed by atoms with Gasteiger partial charge in [0.1, 0.15) is 0 Å². The van der Waals surface area contributed by atoms with Gasteiger partial charge in [0.05, 0.1) is 10.6 Å². The Morgan fingerprint density at radius 3 is 2.67 bits per heavy atom. The molecule has 1 aliphatic heterocycles. The van der Waals surface area contributed by atoms with E-state index in [1.165, 1.54) is 12.8 Å². The number of nitrogens with one attached hydrogen (secondary N) is 1. The van der Waals surface area contributed by atoms with Crippen molar-refractivity contribution in [3.63, 3.8) is 0 Å². The van der Waals surface area contributed by atoms with Crippen LogP contribution in [0.1, 0.15) is 51.0 Å². The van der Waals surface area contributed by atoms with Gasteiger partial charge >= 0.3 is 0 Å². The maximum absolute atomic E-state index is 12.4. The average Bonchev–Trinajstić information content (AvgIpc) is 3.23. The number of fused-ring (bicyclic) bond motifs is 1. The predicted octanol–water partition coefficient (Wildman–Crippen LogP) is 3.12. The summed E-state index contributed by atoms with van der Waals surface area (Å²) in [5.41, 5.74) is 1.04. The van der Waals surface area contributed by atoms with Crippen LogP contribution in [0.5, 0.6) is 0 Å². The first-order valence-corrected chi connectivity index (χ1v) is 9.66. The molecule has 1 aliphatic carbocycles. The topological polar surface area (TPSA) is 46.2 Å². The third-order valence-electron chi connectivity index (χ3n) is 5.05. The van der Waals surface area contributed by atoms with Gasteiger partial charge in [0, 0.05) is 18.5 Å². The Bertz CT molecular complexity index is 621. The summed E-state index contributed by atoms with van der Waals surface area (Å²) < 4.78 is 24.9. The van der Waals surface area contributed by atoms with Crippen LogP contribution in [0.3, 0.4) is 0 Å². The van der Waals surface area contributed by atoms with Crippen LogP contribution >= 0.6 is 0 Å².